The van der Waals surface area contributed by atoms with Crippen LogP contribution in [0.2, 0.25) is 0 Å². The summed E-state index contributed by atoms with van der Waals surface area (Å²) in [6, 6.07) is 0. The Bertz CT molecular complexity index is 1320. The molecule has 342 valence electrons. The molecule has 9 heteroatoms. The fraction of sp³-hybridized carbons (Fsp3) is 0.627. The molecule has 0 radical (unpaired) electrons. The third-order valence-electron chi connectivity index (χ3n) is 9.07. The molecule has 60 heavy (non-hydrogen) atoms. The van der Waals surface area contributed by atoms with Crippen LogP contribution >= 0.6 is 7.82 Å². The minimum atomic E-state index is -4.30. The van der Waals surface area contributed by atoms with Gasteiger partial charge in [0.05, 0.1) is 34.4 Å². The predicted molar refractivity (Wildman–Crippen MR) is 256 cm³/mol. The second-order valence-corrected chi connectivity index (χ2v) is 17.5. The topological polar surface area (TPSA) is 91.3 Å². The Balaban J connectivity index is 4.37. The highest BCUT2D eigenvalue weighted by atomic mass is 31.2. The van der Waals surface area contributed by atoms with E-state index in [4.69, 9.17) is 18.5 Å². The Morgan fingerprint density at radius 3 is 1.45 bits per heavy atom. The molecule has 0 aliphatic heterocycles. The first-order valence-corrected chi connectivity index (χ1v) is 24.6. The van der Waals surface area contributed by atoms with Crippen LogP contribution in [-0.4, -0.2) is 75.6 Å². The third kappa shape index (κ3) is 46.2. The number of likely N-dealkylation sites (N-methyl/N-ethyl adjacent to an activating group) is 1. The standard InChI is InChI=1S/C51H86NO7P/c1-6-8-10-12-14-16-18-20-22-23-24-25-26-27-28-29-30-32-34-36-38-40-42-44-51(53)59-50(49-58-60(54,55)57-47-45-52(3,4)5)48-56-46-43-41-39-37-35-33-31-21-19-17-15-13-11-9-7-2/h8,10,13-16,19-22,24-25,27-28,30,32,36,38,50H,6-7,9,11-12,17-18,23,26,29,31,33-35,37,39-49H2,1-5H3/p+1/b10-8-,15-13-,16-14-,21-19-,22-20-,25-24-,28-27-,32-30-,38-36-. The Morgan fingerprint density at radius 1 is 0.533 bits per heavy atom. The van der Waals surface area contributed by atoms with Gasteiger partial charge in [0.2, 0.25) is 0 Å². The molecule has 0 rings (SSSR count). The van der Waals surface area contributed by atoms with Crippen molar-refractivity contribution in [3.63, 3.8) is 0 Å². The van der Waals surface area contributed by atoms with Crippen molar-refractivity contribution in [3.8, 4) is 0 Å². The van der Waals surface area contributed by atoms with E-state index in [0.29, 0.717) is 24.1 Å². The fourth-order valence-electron chi connectivity index (χ4n) is 5.50. The number of carbonyl (C=O) groups excluding carboxylic acids is 1. The van der Waals surface area contributed by atoms with Crippen LogP contribution in [0.1, 0.15) is 149 Å². The van der Waals surface area contributed by atoms with Crippen LogP contribution in [0.3, 0.4) is 0 Å². The van der Waals surface area contributed by atoms with Gasteiger partial charge in [-0.3, -0.25) is 13.8 Å². The number of esters is 1. The minimum absolute atomic E-state index is 0.0688. The number of hydrogen-bond donors (Lipinski definition) is 1. The summed E-state index contributed by atoms with van der Waals surface area (Å²) in [6.45, 7) is 5.33. The van der Waals surface area contributed by atoms with Gasteiger partial charge in [0.1, 0.15) is 19.3 Å². The van der Waals surface area contributed by atoms with Gasteiger partial charge in [-0.2, -0.15) is 0 Å². The van der Waals surface area contributed by atoms with Gasteiger partial charge < -0.3 is 18.9 Å². The smallest absolute Gasteiger partial charge is 0.457 e. The maximum absolute atomic E-state index is 12.7. The summed E-state index contributed by atoms with van der Waals surface area (Å²) in [5.41, 5.74) is 0. The first-order chi connectivity index (χ1) is 29.1. The highest BCUT2D eigenvalue weighted by Crippen LogP contribution is 2.43. The fourth-order valence-corrected chi connectivity index (χ4v) is 6.24. The number of allylic oxidation sites excluding steroid dienone is 18. The van der Waals surface area contributed by atoms with Gasteiger partial charge in [-0.05, 0) is 89.9 Å². The lowest BCUT2D eigenvalue weighted by molar-refractivity contribution is -0.870. The lowest BCUT2D eigenvalue weighted by atomic mass is 10.1. The zero-order valence-electron chi connectivity index (χ0n) is 38.6. The van der Waals surface area contributed by atoms with Crippen LogP contribution in [0.25, 0.3) is 0 Å². The molecule has 0 saturated carbocycles. The molecule has 0 aromatic heterocycles. The number of carbonyl (C=O) groups is 1. The first-order valence-electron chi connectivity index (χ1n) is 23.1. The van der Waals surface area contributed by atoms with Crippen molar-refractivity contribution >= 4 is 13.8 Å². The zero-order valence-corrected chi connectivity index (χ0v) is 39.5. The number of rotatable bonds is 41. The van der Waals surface area contributed by atoms with E-state index in [-0.39, 0.29) is 32.2 Å². The van der Waals surface area contributed by atoms with Crippen molar-refractivity contribution in [1.29, 1.82) is 0 Å². The van der Waals surface area contributed by atoms with Gasteiger partial charge in [-0.1, -0.05) is 162 Å². The molecule has 1 N–H and O–H groups in total. The van der Waals surface area contributed by atoms with Crippen molar-refractivity contribution in [2.75, 3.05) is 54.1 Å². The number of quaternary nitrogens is 1. The molecule has 0 bridgehead atoms. The van der Waals surface area contributed by atoms with E-state index in [9.17, 15) is 14.3 Å². The van der Waals surface area contributed by atoms with E-state index in [0.717, 1.165) is 83.5 Å². The van der Waals surface area contributed by atoms with Gasteiger partial charge >= 0.3 is 13.8 Å². The van der Waals surface area contributed by atoms with Crippen molar-refractivity contribution in [1.82, 2.24) is 0 Å². The van der Waals surface area contributed by atoms with Crippen LogP contribution in [0, 0.1) is 0 Å². The predicted octanol–water partition coefficient (Wildman–Crippen LogP) is 14.0. The molecule has 0 aliphatic rings. The second kappa shape index (κ2) is 42.8. The van der Waals surface area contributed by atoms with Gasteiger partial charge in [-0.15, -0.1) is 0 Å². The minimum Gasteiger partial charge on any atom is -0.457 e. The number of phosphoric acid groups is 1. The maximum atomic E-state index is 12.7. The van der Waals surface area contributed by atoms with E-state index in [1.165, 1.54) is 38.5 Å². The average molecular weight is 857 g/mol. The number of phosphoric ester groups is 1. The molecule has 0 amide bonds. The Morgan fingerprint density at radius 2 is 0.967 bits per heavy atom. The maximum Gasteiger partial charge on any atom is 0.472 e. The van der Waals surface area contributed by atoms with Crippen LogP contribution < -0.4 is 0 Å². The van der Waals surface area contributed by atoms with Crippen LogP contribution in [0.5, 0.6) is 0 Å². The molecular formula is C51H87NO7P+. The van der Waals surface area contributed by atoms with E-state index in [1.54, 1.807) is 0 Å². The van der Waals surface area contributed by atoms with E-state index < -0.39 is 13.9 Å². The van der Waals surface area contributed by atoms with Crippen molar-refractivity contribution in [3.05, 3.63) is 109 Å². The quantitative estimate of drug-likeness (QED) is 0.0215. The van der Waals surface area contributed by atoms with Crippen molar-refractivity contribution in [2.45, 2.75) is 155 Å². The summed E-state index contributed by atoms with van der Waals surface area (Å²) < 4.78 is 34.9. The average Bonchev–Trinajstić information content (AvgIpc) is 3.20. The van der Waals surface area contributed by atoms with Gasteiger partial charge in [0, 0.05) is 13.0 Å². The number of ether oxygens (including phenoxy) is 2. The van der Waals surface area contributed by atoms with E-state index in [2.05, 4.69) is 123 Å². The van der Waals surface area contributed by atoms with Crippen molar-refractivity contribution in [2.24, 2.45) is 0 Å². The lowest BCUT2D eigenvalue weighted by Gasteiger charge is -2.24. The molecule has 0 aromatic carbocycles. The molecule has 2 unspecified atom stereocenters. The Kier molecular flexibility index (Phi) is 40.8. The van der Waals surface area contributed by atoms with Crippen LogP contribution in [0.4, 0.5) is 0 Å². The SMILES string of the molecule is CC/C=C\C/C=C\C/C=C\C/C=C\C/C=C\C/C=C\C/C=C\CCCC(=O)OC(COCCCCCCCC/C=C\C/C=C\CCCC)COP(=O)(O)OCC[N+](C)(C)C. The molecule has 0 fully saturated rings. The number of hydrogen-bond acceptors (Lipinski definition) is 6. The van der Waals surface area contributed by atoms with Crippen LogP contribution in [-0.2, 0) is 27.9 Å². The van der Waals surface area contributed by atoms with Gasteiger partial charge in [0.15, 0.2) is 0 Å². The molecule has 0 aromatic rings. The number of nitrogens with zero attached hydrogens (tertiary/aromatic N) is 1. The van der Waals surface area contributed by atoms with E-state index in [1.807, 2.05) is 21.1 Å². The largest absolute Gasteiger partial charge is 0.472 e. The Labute approximate surface area is 368 Å². The molecule has 0 aliphatic carbocycles. The summed E-state index contributed by atoms with van der Waals surface area (Å²) >= 11 is 0. The second-order valence-electron chi connectivity index (χ2n) is 16.0. The lowest BCUT2D eigenvalue weighted by Crippen LogP contribution is -2.37. The molecular weight excluding hydrogens is 770 g/mol. The molecule has 2 atom stereocenters. The molecule has 0 heterocycles. The summed E-state index contributed by atoms with van der Waals surface area (Å²) in [7, 11) is 1.60. The highest BCUT2D eigenvalue weighted by Gasteiger charge is 2.26. The monoisotopic (exact) mass is 857 g/mol. The molecule has 8 nitrogen and oxygen atoms in total. The molecule has 0 saturated heterocycles. The Hall–Kier alpha value is -2.84. The highest BCUT2D eigenvalue weighted by molar-refractivity contribution is 7.47. The normalized spacial score (nSPS) is 14.7. The van der Waals surface area contributed by atoms with Gasteiger partial charge in [0.25, 0.3) is 0 Å². The summed E-state index contributed by atoms with van der Waals surface area (Å²) in [5, 5.41) is 0. The molecule has 0 spiro atoms. The summed E-state index contributed by atoms with van der Waals surface area (Å²) in [5.74, 6) is -0.380. The van der Waals surface area contributed by atoms with Crippen LogP contribution in [0.15, 0.2) is 109 Å². The summed E-state index contributed by atoms with van der Waals surface area (Å²) in [4.78, 5) is 22.9. The van der Waals surface area contributed by atoms with E-state index >= 15 is 0 Å². The van der Waals surface area contributed by atoms with Crippen molar-refractivity contribution < 1.29 is 37.3 Å². The summed E-state index contributed by atoms with van der Waals surface area (Å²) in [6.07, 6.45) is 59.9. The number of unbranched alkanes of at least 4 members (excludes halogenated alkanes) is 9. The third-order valence-corrected chi connectivity index (χ3v) is 10.1. The first kappa shape index (κ1) is 57.2. The zero-order chi connectivity index (χ0) is 44.1. The van der Waals surface area contributed by atoms with Gasteiger partial charge in [-0.25, -0.2) is 4.57 Å².